The molecule has 0 saturated heterocycles. The Labute approximate surface area is 228 Å². The third-order valence-corrected chi connectivity index (χ3v) is 6.90. The second-order valence-electron chi connectivity index (χ2n) is 7.83. The Morgan fingerprint density at radius 1 is 1.11 bits per heavy atom. The van der Waals surface area contributed by atoms with Gasteiger partial charge in [0.15, 0.2) is 16.5 Å². The van der Waals surface area contributed by atoms with E-state index in [-0.39, 0.29) is 19.1 Å². The van der Waals surface area contributed by atoms with Crippen molar-refractivity contribution in [2.75, 3.05) is 23.8 Å². The Morgan fingerprint density at radius 3 is 2.61 bits per heavy atom. The van der Waals surface area contributed by atoms with E-state index >= 15 is 0 Å². The monoisotopic (exact) mass is 561 g/mol. The molecule has 186 valence electrons. The number of carbonyl (C=O) groups excluding carboxylic acids is 1. The third-order valence-electron chi connectivity index (χ3n) is 5.42. The number of ether oxygens (including phenoxy) is 1. The first-order chi connectivity index (χ1) is 17.3. The van der Waals surface area contributed by atoms with Crippen molar-refractivity contribution in [2.24, 2.45) is 0 Å². The molecule has 2 N–H and O–H groups in total. The molecule has 0 bridgehead atoms. The molecule has 0 saturated carbocycles. The Hall–Kier alpha value is -3.04. The Morgan fingerprint density at radius 2 is 1.86 bits per heavy atom. The summed E-state index contributed by atoms with van der Waals surface area (Å²) in [4.78, 5) is 18.7. The minimum absolute atomic E-state index is 0.0258. The fourth-order valence-corrected chi connectivity index (χ4v) is 4.45. The number of fused-ring (bicyclic) bond motifs is 1. The van der Waals surface area contributed by atoms with Crippen LogP contribution >= 0.6 is 47.0 Å². The van der Waals surface area contributed by atoms with Crippen LogP contribution in [-0.2, 0) is 11.4 Å². The number of nitrogens with one attached hydrogen (secondary N) is 2. The number of nitrogens with zero attached hydrogens (tertiary/aromatic N) is 3. The van der Waals surface area contributed by atoms with E-state index < -0.39 is 0 Å². The highest BCUT2D eigenvalue weighted by molar-refractivity contribution is 7.80. The quantitative estimate of drug-likeness (QED) is 0.264. The summed E-state index contributed by atoms with van der Waals surface area (Å²) in [5.41, 5.74) is 3.14. The fraction of sp³-hybridized carbons (Fsp3) is 0.160. The first-order valence-corrected chi connectivity index (χ1v) is 12.4. The maximum absolute atomic E-state index is 12.8. The molecule has 7 nitrogen and oxygen atoms in total. The highest BCUT2D eigenvalue weighted by Crippen LogP contribution is 2.35. The van der Waals surface area contributed by atoms with Crippen LogP contribution in [0.4, 0.5) is 11.4 Å². The molecule has 0 radical (unpaired) electrons. The maximum Gasteiger partial charge on any atom is 0.246 e. The minimum atomic E-state index is -0.240. The summed E-state index contributed by atoms with van der Waals surface area (Å²) in [6.45, 7) is 1.87. The van der Waals surface area contributed by atoms with Gasteiger partial charge in [-0.1, -0.05) is 53.0 Å². The predicted octanol–water partition coefficient (Wildman–Crippen LogP) is 6.13. The number of imidazole rings is 1. The van der Waals surface area contributed by atoms with E-state index in [1.807, 2.05) is 43.3 Å². The van der Waals surface area contributed by atoms with E-state index in [0.29, 0.717) is 48.7 Å². The van der Waals surface area contributed by atoms with E-state index in [1.54, 1.807) is 35.8 Å². The number of halogens is 3. The van der Waals surface area contributed by atoms with Crippen molar-refractivity contribution in [3.8, 4) is 5.75 Å². The average molecular weight is 563 g/mol. The number of amides is 1. The van der Waals surface area contributed by atoms with Crippen LogP contribution in [0, 0.1) is 6.92 Å². The van der Waals surface area contributed by atoms with Gasteiger partial charge in [-0.25, -0.2) is 4.98 Å². The second kappa shape index (κ2) is 11.3. The topological polar surface area (TPSA) is 70.9 Å². The summed E-state index contributed by atoms with van der Waals surface area (Å²) in [5.74, 6) is 0.286. The number of rotatable bonds is 7. The molecule has 11 heteroatoms. The molecule has 0 aliphatic carbocycles. The summed E-state index contributed by atoms with van der Waals surface area (Å²) in [7, 11) is 1.63. The zero-order chi connectivity index (χ0) is 25.8. The largest absolute Gasteiger partial charge is 0.485 e. The van der Waals surface area contributed by atoms with E-state index in [0.717, 1.165) is 5.69 Å². The Kier molecular flexibility index (Phi) is 8.21. The van der Waals surface area contributed by atoms with Crippen LogP contribution in [0.1, 0.15) is 11.3 Å². The molecular weight excluding hydrogens is 541 g/mol. The van der Waals surface area contributed by atoms with Crippen LogP contribution in [-0.4, -0.2) is 34.0 Å². The molecule has 0 fully saturated rings. The molecule has 0 aliphatic heterocycles. The molecule has 4 rings (SSSR count). The van der Waals surface area contributed by atoms with Crippen LogP contribution < -0.4 is 20.3 Å². The molecule has 0 unspecified atom stereocenters. The molecule has 36 heavy (non-hydrogen) atoms. The summed E-state index contributed by atoms with van der Waals surface area (Å²) in [6.07, 6.45) is 1.81. The van der Waals surface area contributed by atoms with Gasteiger partial charge >= 0.3 is 0 Å². The van der Waals surface area contributed by atoms with Gasteiger partial charge in [0.1, 0.15) is 11.8 Å². The zero-order valence-corrected chi connectivity index (χ0v) is 22.5. The number of anilines is 2. The number of hydrogen-bond donors (Lipinski definition) is 2. The highest BCUT2D eigenvalue weighted by atomic mass is 35.5. The lowest BCUT2D eigenvalue weighted by Crippen LogP contribution is -2.40. The third kappa shape index (κ3) is 5.68. The first-order valence-electron chi connectivity index (χ1n) is 10.9. The SMILES string of the molecule is Cc1nc2c(OCc3c(Cl)ccc(N(C)C(=O)CNC(=S)Nc4ccccc4)c3Cl)cccn2c1Cl. The molecule has 0 atom stereocenters. The lowest BCUT2D eigenvalue weighted by atomic mass is 10.2. The average Bonchev–Trinajstić information content (AvgIpc) is 3.16. The number of aryl methyl sites for hydroxylation is 1. The van der Waals surface area contributed by atoms with Crippen molar-refractivity contribution in [1.29, 1.82) is 0 Å². The van der Waals surface area contributed by atoms with Crippen molar-refractivity contribution in [2.45, 2.75) is 13.5 Å². The van der Waals surface area contributed by atoms with Crippen LogP contribution in [0.3, 0.4) is 0 Å². The van der Waals surface area contributed by atoms with Crippen molar-refractivity contribution in [1.82, 2.24) is 14.7 Å². The lowest BCUT2D eigenvalue weighted by Gasteiger charge is -2.22. The minimum Gasteiger partial charge on any atom is -0.485 e. The first kappa shape index (κ1) is 26.0. The van der Waals surface area contributed by atoms with Crippen molar-refractivity contribution in [3.05, 3.63) is 87.2 Å². The van der Waals surface area contributed by atoms with E-state index in [9.17, 15) is 4.79 Å². The number of likely N-dealkylation sites (N-methyl/N-ethyl adjacent to an activating group) is 1. The van der Waals surface area contributed by atoms with Gasteiger partial charge in [-0.2, -0.15) is 0 Å². The number of carbonyl (C=O) groups is 1. The number of para-hydroxylation sites is 1. The highest BCUT2D eigenvalue weighted by Gasteiger charge is 2.19. The molecule has 0 spiro atoms. The van der Waals surface area contributed by atoms with Crippen molar-refractivity contribution >= 4 is 75.1 Å². The van der Waals surface area contributed by atoms with Gasteiger partial charge in [-0.15, -0.1) is 0 Å². The summed E-state index contributed by atoms with van der Waals surface area (Å²) < 4.78 is 7.75. The molecule has 4 aromatic rings. The van der Waals surface area contributed by atoms with Gasteiger partial charge in [0.05, 0.1) is 22.9 Å². The van der Waals surface area contributed by atoms with Crippen molar-refractivity contribution < 1.29 is 9.53 Å². The zero-order valence-electron chi connectivity index (χ0n) is 19.4. The molecule has 1 amide bonds. The summed E-state index contributed by atoms with van der Waals surface area (Å²) in [5, 5.41) is 7.52. The number of aromatic nitrogens is 2. The number of pyridine rings is 1. The molecule has 2 aromatic carbocycles. The number of benzene rings is 2. The van der Waals surface area contributed by atoms with Crippen molar-refractivity contribution in [3.63, 3.8) is 0 Å². The van der Waals surface area contributed by atoms with Gasteiger partial charge < -0.3 is 20.3 Å². The molecule has 2 aromatic heterocycles. The fourth-order valence-electron chi connectivity index (χ4n) is 3.47. The van der Waals surface area contributed by atoms with Gasteiger partial charge in [-0.3, -0.25) is 9.20 Å². The van der Waals surface area contributed by atoms with Gasteiger partial charge in [0, 0.05) is 29.5 Å². The van der Waals surface area contributed by atoms with Crippen LogP contribution in [0.15, 0.2) is 60.8 Å². The maximum atomic E-state index is 12.8. The summed E-state index contributed by atoms with van der Waals surface area (Å²) in [6, 6.07) is 16.4. The standard InChI is InChI=1S/C25H22Cl3N5O2S/c1-15-23(28)33-12-6-9-20(24(33)30-15)35-14-17-18(26)10-11-19(22(17)27)32(2)21(34)13-29-25(36)31-16-7-4-3-5-8-16/h3-12H,13-14H2,1-2H3,(H2,29,31,36). The van der Waals surface area contributed by atoms with Gasteiger partial charge in [0.25, 0.3) is 0 Å². The van der Waals surface area contributed by atoms with Crippen LogP contribution in [0.25, 0.3) is 5.65 Å². The molecule has 2 heterocycles. The lowest BCUT2D eigenvalue weighted by molar-refractivity contribution is -0.117. The smallest absolute Gasteiger partial charge is 0.246 e. The Balaban J connectivity index is 1.44. The van der Waals surface area contributed by atoms with E-state index in [2.05, 4.69) is 15.6 Å². The molecule has 0 aliphatic rings. The number of hydrogen-bond acceptors (Lipinski definition) is 4. The van der Waals surface area contributed by atoms with Crippen LogP contribution in [0.2, 0.25) is 15.2 Å². The summed E-state index contributed by atoms with van der Waals surface area (Å²) >= 11 is 24.7. The van der Waals surface area contributed by atoms with Gasteiger partial charge in [-0.05, 0) is 55.5 Å². The van der Waals surface area contributed by atoms with Gasteiger partial charge in [0.2, 0.25) is 5.91 Å². The van der Waals surface area contributed by atoms with Crippen LogP contribution in [0.5, 0.6) is 5.75 Å². The van der Waals surface area contributed by atoms with E-state index in [4.69, 9.17) is 51.8 Å². The molecular formula is C25H22Cl3N5O2S. The number of thiocarbonyl (C=S) groups is 1. The predicted molar refractivity (Wildman–Crippen MR) is 150 cm³/mol. The van der Waals surface area contributed by atoms with E-state index in [1.165, 1.54) is 4.90 Å². The normalized spacial score (nSPS) is 10.8. The Bertz CT molecular complexity index is 1430. The second-order valence-corrected chi connectivity index (χ2v) is 9.38.